The van der Waals surface area contributed by atoms with E-state index in [4.69, 9.17) is 10.5 Å². The van der Waals surface area contributed by atoms with Crippen molar-refractivity contribution in [3.63, 3.8) is 0 Å². The summed E-state index contributed by atoms with van der Waals surface area (Å²) in [6.07, 6.45) is 4.53. The van der Waals surface area contributed by atoms with E-state index < -0.39 is 0 Å². The van der Waals surface area contributed by atoms with Crippen molar-refractivity contribution in [2.24, 2.45) is 11.7 Å². The Labute approximate surface area is 122 Å². The number of amides is 1. The lowest BCUT2D eigenvalue weighted by molar-refractivity contribution is -0.135. The standard InChI is InChI=1S/C15H29N3O2/c1-12(13-3-4-13)18(9-10-20-2)15(19)11-17-7-5-14(16)6-8-17/h12-14H,3-11,16H2,1-2H3. The van der Waals surface area contributed by atoms with Crippen molar-refractivity contribution in [2.75, 3.05) is 39.9 Å². The molecule has 20 heavy (non-hydrogen) atoms. The third-order valence-electron chi connectivity index (χ3n) is 4.64. The molecular weight excluding hydrogens is 254 g/mol. The highest BCUT2D eigenvalue weighted by atomic mass is 16.5. The van der Waals surface area contributed by atoms with Crippen LogP contribution >= 0.6 is 0 Å². The minimum absolute atomic E-state index is 0.247. The fourth-order valence-electron chi connectivity index (χ4n) is 2.97. The first-order valence-electron chi connectivity index (χ1n) is 7.88. The summed E-state index contributed by atoms with van der Waals surface area (Å²) in [6.45, 7) is 5.94. The largest absolute Gasteiger partial charge is 0.383 e. The molecule has 1 saturated heterocycles. The van der Waals surface area contributed by atoms with E-state index >= 15 is 0 Å². The summed E-state index contributed by atoms with van der Waals surface area (Å²) >= 11 is 0. The number of piperidine rings is 1. The first kappa shape index (κ1) is 15.7. The second-order valence-electron chi connectivity index (χ2n) is 6.27. The van der Waals surface area contributed by atoms with Crippen molar-refractivity contribution in [1.29, 1.82) is 0 Å². The van der Waals surface area contributed by atoms with Crippen LogP contribution in [-0.2, 0) is 9.53 Å². The van der Waals surface area contributed by atoms with E-state index in [0.717, 1.165) is 25.9 Å². The number of methoxy groups -OCH3 is 1. The van der Waals surface area contributed by atoms with E-state index in [0.29, 0.717) is 37.7 Å². The Morgan fingerprint density at radius 2 is 2.00 bits per heavy atom. The Balaban J connectivity index is 1.84. The number of carbonyl (C=O) groups excluding carboxylic acids is 1. The Hall–Kier alpha value is -0.650. The Kier molecular flexibility index (Phi) is 5.81. The smallest absolute Gasteiger partial charge is 0.237 e. The van der Waals surface area contributed by atoms with Gasteiger partial charge in [0.2, 0.25) is 5.91 Å². The van der Waals surface area contributed by atoms with Crippen LogP contribution in [0.25, 0.3) is 0 Å². The van der Waals surface area contributed by atoms with Crippen LogP contribution in [0.3, 0.4) is 0 Å². The number of hydrogen-bond acceptors (Lipinski definition) is 4. The number of nitrogens with zero attached hydrogens (tertiary/aromatic N) is 2. The molecule has 1 aliphatic carbocycles. The van der Waals surface area contributed by atoms with Crippen molar-refractivity contribution in [2.45, 2.75) is 44.7 Å². The molecule has 2 fully saturated rings. The normalized spacial score (nSPS) is 22.8. The summed E-state index contributed by atoms with van der Waals surface area (Å²) < 4.78 is 5.15. The molecule has 1 aliphatic heterocycles. The number of likely N-dealkylation sites (tertiary alicyclic amines) is 1. The topological polar surface area (TPSA) is 58.8 Å². The molecule has 0 aromatic rings. The van der Waals surface area contributed by atoms with Crippen molar-refractivity contribution < 1.29 is 9.53 Å². The highest BCUT2D eigenvalue weighted by molar-refractivity contribution is 5.78. The van der Waals surface area contributed by atoms with Gasteiger partial charge in [-0.1, -0.05) is 0 Å². The van der Waals surface area contributed by atoms with E-state index in [1.54, 1.807) is 7.11 Å². The fourth-order valence-corrected chi connectivity index (χ4v) is 2.97. The van der Waals surface area contributed by atoms with Gasteiger partial charge >= 0.3 is 0 Å². The van der Waals surface area contributed by atoms with Gasteiger partial charge in [0.25, 0.3) is 0 Å². The van der Waals surface area contributed by atoms with E-state index in [1.165, 1.54) is 12.8 Å². The van der Waals surface area contributed by atoms with E-state index in [2.05, 4.69) is 11.8 Å². The molecule has 1 amide bonds. The molecule has 0 radical (unpaired) electrons. The van der Waals surface area contributed by atoms with Crippen molar-refractivity contribution in [3.05, 3.63) is 0 Å². The molecule has 2 aliphatic rings. The van der Waals surface area contributed by atoms with Crippen molar-refractivity contribution in [3.8, 4) is 0 Å². The molecule has 1 atom stereocenters. The van der Waals surface area contributed by atoms with Gasteiger partial charge in [0.05, 0.1) is 13.2 Å². The predicted molar refractivity (Wildman–Crippen MR) is 79.4 cm³/mol. The van der Waals surface area contributed by atoms with Crippen LogP contribution < -0.4 is 5.73 Å². The lowest BCUT2D eigenvalue weighted by Crippen LogP contribution is -2.49. The Bertz CT molecular complexity index is 312. The molecule has 1 saturated carbocycles. The zero-order chi connectivity index (χ0) is 14.5. The second kappa shape index (κ2) is 7.38. The van der Waals surface area contributed by atoms with Gasteiger partial charge in [-0.2, -0.15) is 0 Å². The van der Waals surface area contributed by atoms with Gasteiger partial charge < -0.3 is 15.4 Å². The monoisotopic (exact) mass is 283 g/mol. The summed E-state index contributed by atoms with van der Waals surface area (Å²) in [5.74, 6) is 0.947. The predicted octanol–water partition coefficient (Wildman–Crippen LogP) is 0.683. The molecule has 5 heteroatoms. The molecular formula is C15H29N3O2. The summed E-state index contributed by atoms with van der Waals surface area (Å²) in [6, 6.07) is 0.668. The molecule has 0 aromatic carbocycles. The quantitative estimate of drug-likeness (QED) is 0.746. The van der Waals surface area contributed by atoms with Crippen LogP contribution in [0.4, 0.5) is 0 Å². The maximum atomic E-state index is 12.6. The molecule has 1 unspecified atom stereocenters. The molecule has 116 valence electrons. The number of rotatable bonds is 7. The van der Waals surface area contributed by atoms with E-state index in [-0.39, 0.29) is 5.91 Å². The van der Waals surface area contributed by atoms with Crippen LogP contribution in [0.15, 0.2) is 0 Å². The maximum Gasteiger partial charge on any atom is 0.237 e. The highest BCUT2D eigenvalue weighted by Gasteiger charge is 2.34. The van der Waals surface area contributed by atoms with Crippen LogP contribution in [0.2, 0.25) is 0 Å². The van der Waals surface area contributed by atoms with Gasteiger partial charge in [-0.3, -0.25) is 9.69 Å². The van der Waals surface area contributed by atoms with Crippen molar-refractivity contribution >= 4 is 5.91 Å². The molecule has 0 aromatic heterocycles. The van der Waals surface area contributed by atoms with Gasteiger partial charge in [0.1, 0.15) is 0 Å². The summed E-state index contributed by atoms with van der Waals surface area (Å²) in [7, 11) is 1.69. The molecule has 0 bridgehead atoms. The van der Waals surface area contributed by atoms with Gasteiger partial charge in [-0.25, -0.2) is 0 Å². The Morgan fingerprint density at radius 3 is 2.55 bits per heavy atom. The third-order valence-corrected chi connectivity index (χ3v) is 4.64. The third kappa shape index (κ3) is 4.43. The number of carbonyl (C=O) groups is 1. The first-order valence-corrected chi connectivity index (χ1v) is 7.88. The van der Waals surface area contributed by atoms with Crippen molar-refractivity contribution in [1.82, 2.24) is 9.80 Å². The number of nitrogens with two attached hydrogens (primary N) is 1. The molecule has 1 heterocycles. The number of ether oxygens (including phenoxy) is 1. The zero-order valence-corrected chi connectivity index (χ0v) is 12.9. The minimum Gasteiger partial charge on any atom is -0.383 e. The number of hydrogen-bond donors (Lipinski definition) is 1. The molecule has 5 nitrogen and oxygen atoms in total. The van der Waals surface area contributed by atoms with Gasteiger partial charge in [-0.05, 0) is 38.5 Å². The van der Waals surface area contributed by atoms with Gasteiger partial charge in [0, 0.05) is 38.8 Å². The average molecular weight is 283 g/mol. The summed E-state index contributed by atoms with van der Waals surface area (Å²) in [5, 5.41) is 0. The van der Waals surface area contributed by atoms with Gasteiger partial charge in [0.15, 0.2) is 0 Å². The average Bonchev–Trinajstić information content (AvgIpc) is 3.26. The molecule has 2 N–H and O–H groups in total. The molecule has 2 rings (SSSR count). The minimum atomic E-state index is 0.247. The highest BCUT2D eigenvalue weighted by Crippen LogP contribution is 2.35. The fraction of sp³-hybridized carbons (Fsp3) is 0.933. The lowest BCUT2D eigenvalue weighted by Gasteiger charge is -2.34. The SMILES string of the molecule is COCCN(C(=O)CN1CCC(N)CC1)C(C)C1CC1. The Morgan fingerprint density at radius 1 is 1.35 bits per heavy atom. The van der Waals surface area contributed by atoms with E-state index in [1.807, 2.05) is 4.90 Å². The molecule has 0 spiro atoms. The first-order chi connectivity index (χ1) is 9.61. The summed E-state index contributed by atoms with van der Waals surface area (Å²) in [4.78, 5) is 16.8. The van der Waals surface area contributed by atoms with Crippen LogP contribution in [-0.4, -0.2) is 67.7 Å². The second-order valence-corrected chi connectivity index (χ2v) is 6.27. The van der Waals surface area contributed by atoms with Crippen LogP contribution in [0, 0.1) is 5.92 Å². The van der Waals surface area contributed by atoms with Crippen LogP contribution in [0.5, 0.6) is 0 Å². The zero-order valence-electron chi connectivity index (χ0n) is 12.9. The lowest BCUT2D eigenvalue weighted by atomic mass is 10.1. The maximum absolute atomic E-state index is 12.6. The van der Waals surface area contributed by atoms with Gasteiger partial charge in [-0.15, -0.1) is 0 Å². The van der Waals surface area contributed by atoms with E-state index in [9.17, 15) is 4.79 Å². The van der Waals surface area contributed by atoms with Crippen LogP contribution in [0.1, 0.15) is 32.6 Å². The summed E-state index contributed by atoms with van der Waals surface area (Å²) in [5.41, 5.74) is 5.91.